The zero-order valence-corrected chi connectivity index (χ0v) is 14.2. The molecule has 0 aliphatic heterocycles. The number of ether oxygens (including phenoxy) is 1. The summed E-state index contributed by atoms with van der Waals surface area (Å²) in [7, 11) is 0. The highest BCUT2D eigenvalue weighted by Crippen LogP contribution is 2.24. The van der Waals surface area contributed by atoms with Gasteiger partial charge in [-0.05, 0) is 35.4 Å². The fourth-order valence-electron chi connectivity index (χ4n) is 2.80. The second-order valence-electron chi connectivity index (χ2n) is 5.90. The predicted molar refractivity (Wildman–Crippen MR) is 99.1 cm³/mol. The number of fused-ring (bicyclic) bond motifs is 1. The standard InChI is InChI=1S/C20H18N2O4/c1-14(18-8-4-6-15-5-2-3-7-19(15)18)21-20(23)13-26-17-11-9-16(10-12-17)22(24)25/h2-12,14H,13H2,1H3,(H,21,23). The number of carbonyl (C=O) groups excluding carboxylic acids is 1. The van der Waals surface area contributed by atoms with Gasteiger partial charge >= 0.3 is 0 Å². The van der Waals surface area contributed by atoms with E-state index >= 15 is 0 Å². The number of nitrogens with zero attached hydrogens (tertiary/aromatic N) is 1. The topological polar surface area (TPSA) is 81.5 Å². The zero-order valence-electron chi connectivity index (χ0n) is 14.2. The van der Waals surface area contributed by atoms with Crippen molar-refractivity contribution in [2.75, 3.05) is 6.61 Å². The monoisotopic (exact) mass is 350 g/mol. The van der Waals surface area contributed by atoms with Gasteiger partial charge in [-0.25, -0.2) is 0 Å². The maximum Gasteiger partial charge on any atom is 0.269 e. The van der Waals surface area contributed by atoms with E-state index in [0.717, 1.165) is 16.3 Å². The van der Waals surface area contributed by atoms with E-state index in [4.69, 9.17) is 4.74 Å². The number of rotatable bonds is 6. The first-order chi connectivity index (χ1) is 12.5. The number of hydrogen-bond donors (Lipinski definition) is 1. The number of nitro groups is 1. The fraction of sp³-hybridized carbons (Fsp3) is 0.150. The molecule has 1 atom stereocenters. The lowest BCUT2D eigenvalue weighted by Crippen LogP contribution is -2.31. The normalized spacial score (nSPS) is 11.7. The van der Waals surface area contributed by atoms with Crippen molar-refractivity contribution in [2.45, 2.75) is 13.0 Å². The Bertz CT molecular complexity index is 933. The molecule has 0 fully saturated rings. The van der Waals surface area contributed by atoms with Gasteiger partial charge in [0.1, 0.15) is 5.75 Å². The van der Waals surface area contributed by atoms with E-state index in [1.165, 1.54) is 24.3 Å². The van der Waals surface area contributed by atoms with Crippen molar-refractivity contribution in [1.29, 1.82) is 0 Å². The Balaban J connectivity index is 1.61. The van der Waals surface area contributed by atoms with Crippen molar-refractivity contribution in [1.82, 2.24) is 5.32 Å². The summed E-state index contributed by atoms with van der Waals surface area (Å²) in [6, 6.07) is 19.5. The van der Waals surface area contributed by atoms with E-state index in [1.807, 2.05) is 49.4 Å². The number of carbonyl (C=O) groups is 1. The molecule has 3 aromatic carbocycles. The Morgan fingerprint density at radius 1 is 1.08 bits per heavy atom. The van der Waals surface area contributed by atoms with Gasteiger partial charge in [0.15, 0.2) is 6.61 Å². The molecule has 0 heterocycles. The van der Waals surface area contributed by atoms with Gasteiger partial charge < -0.3 is 10.1 Å². The minimum absolute atomic E-state index is 0.0219. The molecule has 132 valence electrons. The number of non-ortho nitro benzene ring substituents is 1. The van der Waals surface area contributed by atoms with E-state index < -0.39 is 4.92 Å². The van der Waals surface area contributed by atoms with Crippen LogP contribution < -0.4 is 10.1 Å². The molecule has 6 nitrogen and oxygen atoms in total. The van der Waals surface area contributed by atoms with Crippen molar-refractivity contribution in [3.8, 4) is 5.75 Å². The molecule has 3 rings (SSSR count). The van der Waals surface area contributed by atoms with Crippen LogP contribution in [0.1, 0.15) is 18.5 Å². The molecule has 0 radical (unpaired) electrons. The van der Waals surface area contributed by atoms with Crippen LogP contribution in [-0.4, -0.2) is 17.4 Å². The first kappa shape index (κ1) is 17.4. The highest BCUT2D eigenvalue weighted by molar-refractivity contribution is 5.87. The van der Waals surface area contributed by atoms with Crippen LogP contribution in [0.25, 0.3) is 10.8 Å². The SMILES string of the molecule is CC(NC(=O)COc1ccc([N+](=O)[O-])cc1)c1cccc2ccccc12. The Morgan fingerprint density at radius 2 is 1.77 bits per heavy atom. The molecule has 3 aromatic rings. The van der Waals surface area contributed by atoms with E-state index in [0.29, 0.717) is 5.75 Å². The maximum atomic E-state index is 12.2. The molecule has 0 aliphatic carbocycles. The Kier molecular flexibility index (Phi) is 5.12. The molecular formula is C20H18N2O4. The van der Waals surface area contributed by atoms with Gasteiger partial charge in [0.05, 0.1) is 11.0 Å². The third-order valence-corrected chi connectivity index (χ3v) is 4.08. The molecule has 0 aliphatic rings. The van der Waals surface area contributed by atoms with Crippen molar-refractivity contribution < 1.29 is 14.5 Å². The molecule has 1 N–H and O–H groups in total. The molecule has 1 amide bonds. The summed E-state index contributed by atoms with van der Waals surface area (Å²) in [6.07, 6.45) is 0. The molecule has 0 saturated carbocycles. The average molecular weight is 350 g/mol. The zero-order chi connectivity index (χ0) is 18.5. The summed E-state index contributed by atoms with van der Waals surface area (Å²) in [5, 5.41) is 15.8. The van der Waals surface area contributed by atoms with Crippen molar-refractivity contribution in [2.24, 2.45) is 0 Å². The Morgan fingerprint density at radius 3 is 2.50 bits per heavy atom. The lowest BCUT2D eigenvalue weighted by atomic mass is 10.00. The minimum atomic E-state index is -0.484. The first-order valence-corrected chi connectivity index (χ1v) is 8.19. The van der Waals surface area contributed by atoms with E-state index in [1.54, 1.807) is 0 Å². The minimum Gasteiger partial charge on any atom is -0.484 e. The molecule has 0 saturated heterocycles. The summed E-state index contributed by atoms with van der Waals surface area (Å²) in [5.41, 5.74) is 1.01. The van der Waals surface area contributed by atoms with Gasteiger partial charge in [0.25, 0.3) is 11.6 Å². The van der Waals surface area contributed by atoms with Gasteiger partial charge in [0, 0.05) is 12.1 Å². The lowest BCUT2D eigenvalue weighted by molar-refractivity contribution is -0.384. The maximum absolute atomic E-state index is 12.2. The highest BCUT2D eigenvalue weighted by atomic mass is 16.6. The van der Waals surface area contributed by atoms with Crippen molar-refractivity contribution in [3.63, 3.8) is 0 Å². The van der Waals surface area contributed by atoms with Crippen LogP contribution in [-0.2, 0) is 4.79 Å². The second kappa shape index (κ2) is 7.65. The van der Waals surface area contributed by atoms with Gasteiger partial charge in [-0.15, -0.1) is 0 Å². The fourth-order valence-corrected chi connectivity index (χ4v) is 2.80. The van der Waals surface area contributed by atoms with E-state index in [2.05, 4.69) is 5.32 Å². The first-order valence-electron chi connectivity index (χ1n) is 8.19. The molecule has 0 bridgehead atoms. The highest BCUT2D eigenvalue weighted by Gasteiger charge is 2.13. The van der Waals surface area contributed by atoms with Gasteiger partial charge in [-0.3, -0.25) is 14.9 Å². The van der Waals surface area contributed by atoms with Crippen molar-refractivity contribution in [3.05, 3.63) is 82.4 Å². The third kappa shape index (κ3) is 3.97. The largest absolute Gasteiger partial charge is 0.484 e. The van der Waals surface area contributed by atoms with Gasteiger partial charge in [0.2, 0.25) is 0 Å². The summed E-state index contributed by atoms with van der Waals surface area (Å²) >= 11 is 0. The number of nitro benzene ring substituents is 1. The summed E-state index contributed by atoms with van der Waals surface area (Å²) < 4.78 is 5.39. The van der Waals surface area contributed by atoms with Crippen LogP contribution in [0, 0.1) is 10.1 Å². The molecule has 1 unspecified atom stereocenters. The third-order valence-electron chi connectivity index (χ3n) is 4.08. The predicted octanol–water partition coefficient (Wildman–Crippen LogP) is 4.00. The summed E-state index contributed by atoms with van der Waals surface area (Å²) in [6.45, 7) is 1.76. The van der Waals surface area contributed by atoms with Gasteiger partial charge in [-0.2, -0.15) is 0 Å². The molecular weight excluding hydrogens is 332 g/mol. The van der Waals surface area contributed by atoms with Crippen LogP contribution in [0.2, 0.25) is 0 Å². The van der Waals surface area contributed by atoms with Crippen LogP contribution >= 0.6 is 0 Å². The van der Waals surface area contributed by atoms with Crippen LogP contribution in [0.3, 0.4) is 0 Å². The second-order valence-corrected chi connectivity index (χ2v) is 5.90. The Labute approximate surface area is 150 Å². The van der Waals surface area contributed by atoms with E-state index in [9.17, 15) is 14.9 Å². The summed E-state index contributed by atoms with van der Waals surface area (Å²) in [4.78, 5) is 22.3. The molecule has 0 aromatic heterocycles. The lowest BCUT2D eigenvalue weighted by Gasteiger charge is -2.17. The van der Waals surface area contributed by atoms with Crippen LogP contribution in [0.4, 0.5) is 5.69 Å². The summed E-state index contributed by atoms with van der Waals surface area (Å²) in [5.74, 6) is 0.146. The van der Waals surface area contributed by atoms with Crippen LogP contribution in [0.15, 0.2) is 66.7 Å². The number of nitrogens with one attached hydrogen (secondary N) is 1. The Hall–Kier alpha value is -3.41. The number of amides is 1. The molecule has 0 spiro atoms. The van der Waals surface area contributed by atoms with Gasteiger partial charge in [-0.1, -0.05) is 42.5 Å². The molecule has 6 heteroatoms. The van der Waals surface area contributed by atoms with E-state index in [-0.39, 0.29) is 24.2 Å². The average Bonchev–Trinajstić information content (AvgIpc) is 2.66. The quantitative estimate of drug-likeness (QED) is 0.538. The van der Waals surface area contributed by atoms with Crippen LogP contribution in [0.5, 0.6) is 5.75 Å². The number of benzene rings is 3. The number of hydrogen-bond acceptors (Lipinski definition) is 4. The smallest absolute Gasteiger partial charge is 0.269 e. The van der Waals surface area contributed by atoms with Crippen molar-refractivity contribution >= 4 is 22.4 Å². The molecule has 26 heavy (non-hydrogen) atoms.